The standard InChI is InChI=1S/C27H26N4O6/c32-18-24(27(35)30-15-13-29(14-16-30)22-9-11-23(12-10-22)31(36)37)28-26(34)21-8-4-7-20(17-21)25(33)19-5-2-1-3-6-19/h1-12,17,24,32H,13-16,18H2,(H,28,34). The van der Waals surface area contributed by atoms with Crippen LogP contribution in [-0.4, -0.2) is 71.4 Å². The lowest BCUT2D eigenvalue weighted by molar-refractivity contribution is -0.384. The average molecular weight is 503 g/mol. The molecule has 2 N–H and O–H groups in total. The number of benzene rings is 3. The molecule has 0 saturated carbocycles. The van der Waals surface area contributed by atoms with Crippen molar-refractivity contribution in [1.29, 1.82) is 0 Å². The highest BCUT2D eigenvalue weighted by molar-refractivity contribution is 6.10. The Morgan fingerprint density at radius 2 is 1.49 bits per heavy atom. The predicted octanol–water partition coefficient (Wildman–Crippen LogP) is 2.27. The molecule has 0 aliphatic carbocycles. The lowest BCUT2D eigenvalue weighted by atomic mass is 10.0. The number of non-ortho nitro benzene ring substituents is 1. The van der Waals surface area contributed by atoms with Crippen molar-refractivity contribution in [3.63, 3.8) is 0 Å². The smallest absolute Gasteiger partial charge is 0.269 e. The average Bonchev–Trinajstić information content (AvgIpc) is 2.95. The van der Waals surface area contributed by atoms with Crippen molar-refractivity contribution in [2.45, 2.75) is 6.04 Å². The zero-order chi connectivity index (χ0) is 26.4. The summed E-state index contributed by atoms with van der Waals surface area (Å²) in [6.45, 7) is 1.15. The maximum absolute atomic E-state index is 13.0. The molecule has 1 unspecified atom stereocenters. The molecule has 3 aromatic carbocycles. The molecule has 0 aromatic heterocycles. The lowest BCUT2D eigenvalue weighted by Gasteiger charge is -2.37. The fraction of sp³-hybridized carbons (Fsp3) is 0.222. The van der Waals surface area contributed by atoms with Gasteiger partial charge < -0.3 is 20.2 Å². The van der Waals surface area contributed by atoms with Crippen molar-refractivity contribution < 1.29 is 24.4 Å². The van der Waals surface area contributed by atoms with Gasteiger partial charge in [-0.2, -0.15) is 0 Å². The lowest BCUT2D eigenvalue weighted by Crippen LogP contribution is -2.56. The van der Waals surface area contributed by atoms with Crippen LogP contribution in [0.4, 0.5) is 11.4 Å². The van der Waals surface area contributed by atoms with Gasteiger partial charge in [0.15, 0.2) is 5.78 Å². The van der Waals surface area contributed by atoms with Crippen molar-refractivity contribution in [2.24, 2.45) is 0 Å². The summed E-state index contributed by atoms with van der Waals surface area (Å²) in [5.41, 5.74) is 1.86. The van der Waals surface area contributed by atoms with Crippen LogP contribution in [0, 0.1) is 10.1 Å². The number of aliphatic hydroxyl groups is 1. The minimum Gasteiger partial charge on any atom is -0.394 e. The molecule has 37 heavy (non-hydrogen) atoms. The molecule has 0 radical (unpaired) electrons. The van der Waals surface area contributed by atoms with Gasteiger partial charge in [-0.15, -0.1) is 0 Å². The number of piperazine rings is 1. The van der Waals surface area contributed by atoms with E-state index in [1.807, 2.05) is 11.0 Å². The first-order valence-corrected chi connectivity index (χ1v) is 11.8. The number of carbonyl (C=O) groups is 3. The molecule has 1 fully saturated rings. The number of nitrogens with zero attached hydrogens (tertiary/aromatic N) is 3. The number of carbonyl (C=O) groups excluding carboxylic acids is 3. The highest BCUT2D eigenvalue weighted by atomic mass is 16.6. The largest absolute Gasteiger partial charge is 0.394 e. The van der Waals surface area contributed by atoms with E-state index in [-0.39, 0.29) is 17.0 Å². The second-order valence-corrected chi connectivity index (χ2v) is 8.57. The van der Waals surface area contributed by atoms with Gasteiger partial charge in [0.2, 0.25) is 5.91 Å². The van der Waals surface area contributed by atoms with Gasteiger partial charge in [0.05, 0.1) is 11.5 Å². The molecule has 1 atom stereocenters. The summed E-state index contributed by atoms with van der Waals surface area (Å²) in [7, 11) is 0. The van der Waals surface area contributed by atoms with Gasteiger partial charge in [0.1, 0.15) is 6.04 Å². The van der Waals surface area contributed by atoms with Crippen LogP contribution >= 0.6 is 0 Å². The van der Waals surface area contributed by atoms with Crippen molar-refractivity contribution in [3.8, 4) is 0 Å². The van der Waals surface area contributed by atoms with E-state index in [2.05, 4.69) is 5.32 Å². The van der Waals surface area contributed by atoms with E-state index >= 15 is 0 Å². The second kappa shape index (κ2) is 11.4. The quantitative estimate of drug-likeness (QED) is 0.274. The first-order chi connectivity index (χ1) is 17.9. The molecule has 10 heteroatoms. The van der Waals surface area contributed by atoms with Gasteiger partial charge in [-0.3, -0.25) is 24.5 Å². The van der Waals surface area contributed by atoms with E-state index in [1.165, 1.54) is 18.2 Å². The molecule has 1 heterocycles. The Hall–Kier alpha value is -4.57. The third-order valence-corrected chi connectivity index (χ3v) is 6.23. The first-order valence-electron chi connectivity index (χ1n) is 11.8. The zero-order valence-corrected chi connectivity index (χ0v) is 19.9. The number of hydrogen-bond acceptors (Lipinski definition) is 7. The van der Waals surface area contributed by atoms with Gasteiger partial charge in [-0.25, -0.2) is 0 Å². The summed E-state index contributed by atoms with van der Waals surface area (Å²) in [4.78, 5) is 52.6. The molecular weight excluding hydrogens is 476 g/mol. The molecule has 1 aliphatic rings. The summed E-state index contributed by atoms with van der Waals surface area (Å²) in [6, 6.07) is 20.0. The molecule has 0 bridgehead atoms. The number of hydrogen-bond donors (Lipinski definition) is 2. The summed E-state index contributed by atoms with van der Waals surface area (Å²) in [5.74, 6) is -1.20. The molecule has 1 aliphatic heterocycles. The second-order valence-electron chi connectivity index (χ2n) is 8.57. The van der Waals surface area contributed by atoms with Crippen LogP contribution in [0.2, 0.25) is 0 Å². The Morgan fingerprint density at radius 1 is 0.865 bits per heavy atom. The van der Waals surface area contributed by atoms with Crippen LogP contribution in [0.25, 0.3) is 0 Å². The van der Waals surface area contributed by atoms with E-state index in [9.17, 15) is 29.6 Å². The predicted molar refractivity (Wildman–Crippen MR) is 137 cm³/mol. The Labute approximate surface area is 213 Å². The third-order valence-electron chi connectivity index (χ3n) is 6.23. The normalized spacial score (nSPS) is 14.1. The number of anilines is 1. The van der Waals surface area contributed by atoms with Crippen LogP contribution in [0.3, 0.4) is 0 Å². The third kappa shape index (κ3) is 5.99. The molecule has 1 saturated heterocycles. The number of amides is 2. The highest BCUT2D eigenvalue weighted by Gasteiger charge is 2.29. The Morgan fingerprint density at radius 3 is 2.11 bits per heavy atom. The van der Waals surface area contributed by atoms with Crippen LogP contribution in [0.1, 0.15) is 26.3 Å². The monoisotopic (exact) mass is 502 g/mol. The maximum atomic E-state index is 13.0. The number of nitro groups is 1. The topological polar surface area (TPSA) is 133 Å². The van der Waals surface area contributed by atoms with Gasteiger partial charge in [0.25, 0.3) is 11.6 Å². The number of rotatable bonds is 8. The molecule has 0 spiro atoms. The van der Waals surface area contributed by atoms with Crippen molar-refractivity contribution in [3.05, 3.63) is 106 Å². The zero-order valence-electron chi connectivity index (χ0n) is 19.9. The van der Waals surface area contributed by atoms with Crippen molar-refractivity contribution >= 4 is 29.0 Å². The van der Waals surface area contributed by atoms with E-state index in [0.29, 0.717) is 37.3 Å². The summed E-state index contributed by atoms with van der Waals surface area (Å²) < 4.78 is 0. The van der Waals surface area contributed by atoms with E-state index < -0.39 is 29.4 Å². The molecule has 3 aromatic rings. The van der Waals surface area contributed by atoms with Crippen LogP contribution in [0.5, 0.6) is 0 Å². The highest BCUT2D eigenvalue weighted by Crippen LogP contribution is 2.21. The number of ketones is 1. The molecule has 2 amide bonds. The fourth-order valence-corrected chi connectivity index (χ4v) is 4.18. The van der Waals surface area contributed by atoms with Crippen LogP contribution < -0.4 is 10.2 Å². The fourth-order valence-electron chi connectivity index (χ4n) is 4.18. The summed E-state index contributed by atoms with van der Waals surface area (Å²) >= 11 is 0. The first kappa shape index (κ1) is 25.5. The van der Waals surface area contributed by atoms with E-state index in [4.69, 9.17) is 0 Å². The number of nitrogens with one attached hydrogen (secondary N) is 1. The molecular formula is C27H26N4O6. The Balaban J connectivity index is 1.36. The minimum atomic E-state index is -1.13. The number of aliphatic hydroxyl groups excluding tert-OH is 1. The minimum absolute atomic E-state index is 0.00839. The summed E-state index contributed by atoms with van der Waals surface area (Å²) in [6.07, 6.45) is 0. The molecule has 10 nitrogen and oxygen atoms in total. The Kier molecular flexibility index (Phi) is 7.89. The number of nitro benzene ring substituents is 1. The van der Waals surface area contributed by atoms with Crippen molar-refractivity contribution in [2.75, 3.05) is 37.7 Å². The van der Waals surface area contributed by atoms with Crippen LogP contribution in [-0.2, 0) is 4.79 Å². The SMILES string of the molecule is O=C(NC(CO)C(=O)N1CCN(c2ccc([N+](=O)[O-])cc2)CC1)c1cccc(C(=O)c2ccccc2)c1. The molecule has 4 rings (SSSR count). The molecule has 190 valence electrons. The van der Waals surface area contributed by atoms with Crippen molar-refractivity contribution in [1.82, 2.24) is 10.2 Å². The van der Waals surface area contributed by atoms with E-state index in [1.54, 1.807) is 59.5 Å². The van der Waals surface area contributed by atoms with Gasteiger partial charge in [-0.1, -0.05) is 42.5 Å². The van der Waals surface area contributed by atoms with Gasteiger partial charge in [-0.05, 0) is 24.3 Å². The Bertz CT molecular complexity index is 1290. The van der Waals surface area contributed by atoms with Crippen LogP contribution in [0.15, 0.2) is 78.9 Å². The van der Waals surface area contributed by atoms with E-state index in [0.717, 1.165) is 5.69 Å². The van der Waals surface area contributed by atoms with Gasteiger partial charge >= 0.3 is 0 Å². The summed E-state index contributed by atoms with van der Waals surface area (Å²) in [5, 5.41) is 23.3. The maximum Gasteiger partial charge on any atom is 0.269 e. The van der Waals surface area contributed by atoms with Gasteiger partial charge in [0, 0.05) is 60.7 Å².